The number of nitrogens with zero attached hydrogens (tertiary/aromatic N) is 1. The predicted octanol–water partition coefficient (Wildman–Crippen LogP) is 4.01. The number of nitrogens with one attached hydrogen (secondary N) is 1. The van der Waals surface area contributed by atoms with Gasteiger partial charge in [-0.05, 0) is 44.8 Å². The zero-order chi connectivity index (χ0) is 15.5. The maximum atomic E-state index is 3.91. The van der Waals surface area contributed by atoms with Crippen LogP contribution in [0.25, 0.3) is 0 Å². The van der Waals surface area contributed by atoms with E-state index in [0.29, 0.717) is 10.8 Å². The first-order chi connectivity index (χ1) is 9.93. The number of rotatable bonds is 5. The SMILES string of the molecule is CSC(C)(C)CN1CC(C2CCCCC2)NCC1C(C)C. The molecule has 2 rings (SSSR count). The molecule has 21 heavy (non-hydrogen) atoms. The summed E-state index contributed by atoms with van der Waals surface area (Å²) in [5.41, 5.74) is 0. The second-order valence-electron chi connectivity index (χ2n) is 8.12. The lowest BCUT2D eigenvalue weighted by Crippen LogP contribution is -2.62. The van der Waals surface area contributed by atoms with Crippen LogP contribution >= 0.6 is 11.8 Å². The van der Waals surface area contributed by atoms with E-state index in [2.05, 4.69) is 44.2 Å². The largest absolute Gasteiger partial charge is 0.311 e. The normalized spacial score (nSPS) is 30.0. The molecule has 2 fully saturated rings. The lowest BCUT2D eigenvalue weighted by molar-refractivity contribution is 0.0667. The zero-order valence-corrected chi connectivity index (χ0v) is 15.6. The van der Waals surface area contributed by atoms with Crippen molar-refractivity contribution in [3.05, 3.63) is 0 Å². The standard InChI is InChI=1S/C18H36N2S/c1-14(2)17-11-19-16(15-9-7-6-8-10-15)12-20(17)13-18(3,4)21-5/h14-17,19H,6-13H2,1-5H3. The van der Waals surface area contributed by atoms with E-state index in [0.717, 1.165) is 17.9 Å². The van der Waals surface area contributed by atoms with Gasteiger partial charge in [0.25, 0.3) is 0 Å². The Balaban J connectivity index is 2.00. The minimum atomic E-state index is 0.363. The lowest BCUT2D eigenvalue weighted by Gasteiger charge is -2.47. The van der Waals surface area contributed by atoms with Crippen molar-refractivity contribution in [2.45, 2.75) is 76.6 Å². The molecule has 0 bridgehead atoms. The van der Waals surface area contributed by atoms with Crippen LogP contribution in [-0.4, -0.2) is 47.6 Å². The first-order valence-corrected chi connectivity index (χ1v) is 10.2. The van der Waals surface area contributed by atoms with Gasteiger partial charge in [-0.3, -0.25) is 4.90 Å². The minimum Gasteiger partial charge on any atom is -0.311 e. The van der Waals surface area contributed by atoms with Crippen molar-refractivity contribution >= 4 is 11.8 Å². The highest BCUT2D eigenvalue weighted by molar-refractivity contribution is 7.99. The van der Waals surface area contributed by atoms with E-state index in [1.807, 2.05) is 11.8 Å². The fraction of sp³-hybridized carbons (Fsp3) is 1.00. The predicted molar refractivity (Wildman–Crippen MR) is 96.2 cm³/mol. The minimum absolute atomic E-state index is 0.363. The Morgan fingerprint density at radius 1 is 1.19 bits per heavy atom. The van der Waals surface area contributed by atoms with Crippen molar-refractivity contribution in [1.29, 1.82) is 0 Å². The van der Waals surface area contributed by atoms with Crippen LogP contribution in [0, 0.1) is 11.8 Å². The number of piperazine rings is 1. The molecule has 1 N–H and O–H groups in total. The van der Waals surface area contributed by atoms with Crippen LogP contribution in [0.4, 0.5) is 0 Å². The van der Waals surface area contributed by atoms with Crippen molar-refractivity contribution in [3.8, 4) is 0 Å². The summed E-state index contributed by atoms with van der Waals surface area (Å²) in [4.78, 5) is 2.80. The molecular weight excluding hydrogens is 276 g/mol. The van der Waals surface area contributed by atoms with Gasteiger partial charge in [-0.15, -0.1) is 0 Å². The molecule has 0 amide bonds. The van der Waals surface area contributed by atoms with Gasteiger partial charge in [0.2, 0.25) is 0 Å². The quantitative estimate of drug-likeness (QED) is 0.826. The van der Waals surface area contributed by atoms with E-state index in [4.69, 9.17) is 0 Å². The molecular formula is C18H36N2S. The zero-order valence-electron chi connectivity index (χ0n) is 14.8. The topological polar surface area (TPSA) is 15.3 Å². The van der Waals surface area contributed by atoms with E-state index >= 15 is 0 Å². The number of hydrogen-bond donors (Lipinski definition) is 1. The summed E-state index contributed by atoms with van der Waals surface area (Å²) in [6.45, 7) is 13.2. The smallest absolute Gasteiger partial charge is 0.0244 e. The van der Waals surface area contributed by atoms with Crippen LogP contribution in [0.2, 0.25) is 0 Å². The van der Waals surface area contributed by atoms with Crippen molar-refractivity contribution in [1.82, 2.24) is 10.2 Å². The lowest BCUT2D eigenvalue weighted by atomic mass is 9.82. The van der Waals surface area contributed by atoms with E-state index in [-0.39, 0.29) is 0 Å². The maximum absolute atomic E-state index is 3.91. The first-order valence-electron chi connectivity index (χ1n) is 8.95. The molecule has 1 heterocycles. The summed E-state index contributed by atoms with van der Waals surface area (Å²) in [6, 6.07) is 1.44. The molecule has 0 aromatic rings. The molecule has 0 radical (unpaired) electrons. The fourth-order valence-electron chi connectivity index (χ4n) is 4.10. The van der Waals surface area contributed by atoms with Gasteiger partial charge in [0.15, 0.2) is 0 Å². The third kappa shape index (κ3) is 4.87. The molecule has 1 aliphatic heterocycles. The van der Waals surface area contributed by atoms with Gasteiger partial charge in [0.05, 0.1) is 0 Å². The van der Waals surface area contributed by atoms with Crippen molar-refractivity contribution < 1.29 is 0 Å². The van der Waals surface area contributed by atoms with Crippen LogP contribution in [0.15, 0.2) is 0 Å². The monoisotopic (exact) mass is 312 g/mol. The second kappa shape index (κ2) is 7.70. The van der Waals surface area contributed by atoms with Gasteiger partial charge in [-0.1, -0.05) is 33.1 Å². The molecule has 2 aliphatic rings. The van der Waals surface area contributed by atoms with Crippen molar-refractivity contribution in [2.75, 3.05) is 25.9 Å². The third-order valence-electron chi connectivity index (χ3n) is 5.61. The summed E-state index contributed by atoms with van der Waals surface area (Å²) in [7, 11) is 0. The van der Waals surface area contributed by atoms with Gasteiger partial charge in [-0.25, -0.2) is 0 Å². The number of thioether (sulfide) groups is 1. The van der Waals surface area contributed by atoms with Gasteiger partial charge >= 0.3 is 0 Å². The average Bonchev–Trinajstić information content (AvgIpc) is 2.47. The Hall–Kier alpha value is 0.270. The molecule has 124 valence electrons. The van der Waals surface area contributed by atoms with Crippen molar-refractivity contribution in [2.24, 2.45) is 11.8 Å². The Bertz CT molecular complexity index is 310. The molecule has 2 atom stereocenters. The van der Waals surface area contributed by atoms with Crippen molar-refractivity contribution in [3.63, 3.8) is 0 Å². The number of hydrogen-bond acceptors (Lipinski definition) is 3. The molecule has 1 saturated heterocycles. The summed E-state index contributed by atoms with van der Waals surface area (Å²) < 4.78 is 0.363. The van der Waals surface area contributed by atoms with Gasteiger partial charge in [-0.2, -0.15) is 11.8 Å². The molecule has 0 aromatic carbocycles. The Kier molecular flexibility index (Phi) is 6.46. The summed E-state index contributed by atoms with van der Waals surface area (Å²) in [6.07, 6.45) is 9.51. The molecule has 2 unspecified atom stereocenters. The molecule has 0 aromatic heterocycles. The third-order valence-corrected chi connectivity index (χ3v) is 6.85. The van der Waals surface area contributed by atoms with E-state index in [1.165, 1.54) is 51.7 Å². The van der Waals surface area contributed by atoms with Crippen LogP contribution in [0.3, 0.4) is 0 Å². The maximum Gasteiger partial charge on any atom is 0.0244 e. The first kappa shape index (κ1) is 17.6. The molecule has 3 heteroatoms. The van der Waals surface area contributed by atoms with Crippen LogP contribution < -0.4 is 5.32 Å². The van der Waals surface area contributed by atoms with E-state index in [1.54, 1.807) is 0 Å². The highest BCUT2D eigenvalue weighted by Gasteiger charge is 2.36. The van der Waals surface area contributed by atoms with Crippen LogP contribution in [-0.2, 0) is 0 Å². The molecule has 2 nitrogen and oxygen atoms in total. The highest BCUT2D eigenvalue weighted by Crippen LogP contribution is 2.31. The average molecular weight is 313 g/mol. The van der Waals surface area contributed by atoms with Crippen LogP contribution in [0.5, 0.6) is 0 Å². The summed E-state index contributed by atoms with van der Waals surface area (Å²) in [5.74, 6) is 1.66. The summed E-state index contributed by atoms with van der Waals surface area (Å²) in [5, 5.41) is 3.91. The molecule has 0 spiro atoms. The van der Waals surface area contributed by atoms with Gasteiger partial charge in [0.1, 0.15) is 0 Å². The van der Waals surface area contributed by atoms with E-state index in [9.17, 15) is 0 Å². The molecule has 1 aliphatic carbocycles. The van der Waals surface area contributed by atoms with E-state index < -0.39 is 0 Å². The fourth-order valence-corrected chi connectivity index (χ4v) is 4.39. The summed E-state index contributed by atoms with van der Waals surface area (Å²) >= 11 is 2.01. The van der Waals surface area contributed by atoms with Crippen LogP contribution in [0.1, 0.15) is 59.8 Å². The Morgan fingerprint density at radius 2 is 1.86 bits per heavy atom. The highest BCUT2D eigenvalue weighted by atomic mass is 32.2. The Labute approximate surface area is 136 Å². The Morgan fingerprint density at radius 3 is 2.43 bits per heavy atom. The van der Waals surface area contributed by atoms with Gasteiger partial charge < -0.3 is 5.32 Å². The van der Waals surface area contributed by atoms with Gasteiger partial charge in [0, 0.05) is 36.5 Å². The molecule has 1 saturated carbocycles. The second-order valence-corrected chi connectivity index (χ2v) is 9.63.